The van der Waals surface area contributed by atoms with E-state index in [0.717, 1.165) is 11.1 Å². The summed E-state index contributed by atoms with van der Waals surface area (Å²) >= 11 is 11.9. The number of imide groups is 1. The van der Waals surface area contributed by atoms with Crippen LogP contribution in [0, 0.1) is 6.92 Å². The van der Waals surface area contributed by atoms with Gasteiger partial charge in [-0.05, 0) is 43.7 Å². The van der Waals surface area contributed by atoms with Crippen LogP contribution in [-0.2, 0) is 11.3 Å². The average Bonchev–Trinajstić information content (AvgIpc) is 2.76. The first-order valence-corrected chi connectivity index (χ1v) is 8.29. The van der Waals surface area contributed by atoms with Crippen LogP contribution in [0.3, 0.4) is 0 Å². The maximum atomic E-state index is 12.7. The van der Waals surface area contributed by atoms with Crippen molar-refractivity contribution >= 4 is 40.8 Å². The molecule has 3 rings (SSSR count). The third kappa shape index (κ3) is 2.99. The van der Waals surface area contributed by atoms with E-state index in [1.54, 1.807) is 25.1 Å². The Morgan fingerprint density at radius 2 is 1.67 bits per heavy atom. The zero-order valence-electron chi connectivity index (χ0n) is 13.3. The summed E-state index contributed by atoms with van der Waals surface area (Å²) in [7, 11) is 0. The maximum Gasteiger partial charge on any atom is 0.332 e. The molecule has 1 aliphatic heterocycles. The first-order chi connectivity index (χ1) is 11.4. The summed E-state index contributed by atoms with van der Waals surface area (Å²) in [6, 6.07) is 11.7. The number of benzene rings is 2. The lowest BCUT2D eigenvalue weighted by molar-refractivity contribution is -0.127. The highest BCUT2D eigenvalue weighted by molar-refractivity contribution is 6.42. The number of aryl methyl sites for hydroxylation is 1. The van der Waals surface area contributed by atoms with Crippen molar-refractivity contribution in [2.45, 2.75) is 26.4 Å². The Morgan fingerprint density at radius 1 is 1.00 bits per heavy atom. The van der Waals surface area contributed by atoms with Crippen LogP contribution in [0.25, 0.3) is 0 Å². The molecule has 0 N–H and O–H groups in total. The molecular weight excluding hydrogens is 347 g/mol. The highest BCUT2D eigenvalue weighted by Gasteiger charge is 2.43. The molecule has 0 spiro atoms. The number of hydrogen-bond donors (Lipinski definition) is 0. The molecule has 1 atom stereocenters. The molecule has 0 radical (unpaired) electrons. The fourth-order valence-electron chi connectivity index (χ4n) is 2.73. The minimum absolute atomic E-state index is 0.168. The van der Waals surface area contributed by atoms with Gasteiger partial charge in [0.25, 0.3) is 5.91 Å². The second-order valence-corrected chi connectivity index (χ2v) is 6.65. The molecule has 6 heteroatoms. The fraction of sp³-hybridized carbons (Fsp3) is 0.222. The highest BCUT2D eigenvalue weighted by Crippen LogP contribution is 2.28. The van der Waals surface area contributed by atoms with Crippen molar-refractivity contribution in [3.8, 4) is 0 Å². The number of amides is 3. The lowest BCUT2D eigenvalue weighted by Gasteiger charge is -2.19. The molecule has 0 bridgehead atoms. The molecule has 24 heavy (non-hydrogen) atoms. The predicted octanol–water partition coefficient (Wildman–Crippen LogP) is 4.66. The van der Waals surface area contributed by atoms with E-state index in [9.17, 15) is 9.59 Å². The van der Waals surface area contributed by atoms with Gasteiger partial charge < -0.3 is 0 Å². The Balaban J connectivity index is 1.87. The minimum Gasteiger partial charge on any atom is -0.282 e. The third-order valence-electron chi connectivity index (χ3n) is 4.08. The summed E-state index contributed by atoms with van der Waals surface area (Å²) in [4.78, 5) is 28.0. The molecule has 1 saturated heterocycles. The molecule has 1 unspecified atom stereocenters. The van der Waals surface area contributed by atoms with Gasteiger partial charge in [0.2, 0.25) is 0 Å². The summed E-state index contributed by atoms with van der Waals surface area (Å²) in [5.41, 5.74) is 2.56. The van der Waals surface area contributed by atoms with Gasteiger partial charge in [-0.25, -0.2) is 4.79 Å². The Hall–Kier alpha value is -2.04. The lowest BCUT2D eigenvalue weighted by Crippen LogP contribution is -2.33. The summed E-state index contributed by atoms with van der Waals surface area (Å²) < 4.78 is 0. The van der Waals surface area contributed by atoms with Crippen LogP contribution >= 0.6 is 23.2 Å². The van der Waals surface area contributed by atoms with Crippen molar-refractivity contribution in [3.63, 3.8) is 0 Å². The van der Waals surface area contributed by atoms with E-state index in [1.165, 1.54) is 9.80 Å². The number of rotatable bonds is 3. The van der Waals surface area contributed by atoms with Crippen molar-refractivity contribution < 1.29 is 9.59 Å². The normalized spacial score (nSPS) is 17.8. The number of carbonyl (C=O) groups is 2. The van der Waals surface area contributed by atoms with Crippen LogP contribution in [-0.4, -0.2) is 22.9 Å². The van der Waals surface area contributed by atoms with Gasteiger partial charge in [-0.3, -0.25) is 14.6 Å². The summed E-state index contributed by atoms with van der Waals surface area (Å²) in [5, 5.41) is 0.839. The van der Waals surface area contributed by atoms with Gasteiger partial charge in [0, 0.05) is 5.69 Å². The fourth-order valence-corrected chi connectivity index (χ4v) is 3.05. The smallest absolute Gasteiger partial charge is 0.282 e. The van der Waals surface area contributed by atoms with Crippen LogP contribution in [0.5, 0.6) is 0 Å². The topological polar surface area (TPSA) is 40.6 Å². The molecule has 2 aromatic carbocycles. The molecule has 0 aliphatic carbocycles. The van der Waals surface area contributed by atoms with Crippen LogP contribution in [0.4, 0.5) is 10.5 Å². The Labute approximate surface area is 150 Å². The zero-order chi connectivity index (χ0) is 17.4. The number of hydrogen-bond acceptors (Lipinski definition) is 2. The second-order valence-electron chi connectivity index (χ2n) is 5.84. The zero-order valence-corrected chi connectivity index (χ0v) is 14.8. The largest absolute Gasteiger partial charge is 0.332 e. The summed E-state index contributed by atoms with van der Waals surface area (Å²) in [6.07, 6.45) is 0. The van der Waals surface area contributed by atoms with E-state index in [-0.39, 0.29) is 18.5 Å². The quantitative estimate of drug-likeness (QED) is 0.745. The van der Waals surface area contributed by atoms with E-state index in [1.807, 2.05) is 31.2 Å². The van der Waals surface area contributed by atoms with E-state index < -0.39 is 6.04 Å². The molecule has 0 aromatic heterocycles. The molecule has 1 fully saturated rings. The van der Waals surface area contributed by atoms with E-state index >= 15 is 0 Å². The molecule has 2 aromatic rings. The Morgan fingerprint density at radius 3 is 2.29 bits per heavy atom. The number of urea groups is 1. The highest BCUT2D eigenvalue weighted by atomic mass is 35.5. The van der Waals surface area contributed by atoms with Crippen molar-refractivity contribution in [2.75, 3.05) is 4.90 Å². The van der Waals surface area contributed by atoms with Crippen molar-refractivity contribution in [1.29, 1.82) is 0 Å². The van der Waals surface area contributed by atoms with Crippen LogP contribution in [0.2, 0.25) is 10.0 Å². The van der Waals surface area contributed by atoms with E-state index in [0.29, 0.717) is 15.7 Å². The Bertz CT molecular complexity index is 805. The predicted molar refractivity (Wildman–Crippen MR) is 95.5 cm³/mol. The van der Waals surface area contributed by atoms with Gasteiger partial charge in [0.05, 0.1) is 16.6 Å². The van der Waals surface area contributed by atoms with Gasteiger partial charge in [-0.1, -0.05) is 47.0 Å². The van der Waals surface area contributed by atoms with Crippen LogP contribution < -0.4 is 4.90 Å². The van der Waals surface area contributed by atoms with Gasteiger partial charge >= 0.3 is 6.03 Å². The molecular formula is C18H16Cl2N2O2. The van der Waals surface area contributed by atoms with Crippen LogP contribution in [0.1, 0.15) is 18.1 Å². The van der Waals surface area contributed by atoms with E-state index in [2.05, 4.69) is 0 Å². The minimum atomic E-state index is -0.539. The van der Waals surface area contributed by atoms with Crippen LogP contribution in [0.15, 0.2) is 42.5 Å². The lowest BCUT2D eigenvalue weighted by atomic mass is 10.2. The van der Waals surface area contributed by atoms with Gasteiger partial charge in [-0.15, -0.1) is 0 Å². The molecule has 1 aliphatic rings. The maximum absolute atomic E-state index is 12.7. The number of nitrogens with zero attached hydrogens (tertiary/aromatic N) is 2. The Kier molecular flexibility index (Phi) is 4.52. The average molecular weight is 363 g/mol. The second kappa shape index (κ2) is 6.46. The van der Waals surface area contributed by atoms with Crippen molar-refractivity contribution in [1.82, 2.24) is 4.90 Å². The molecule has 0 saturated carbocycles. The number of halogens is 2. The number of carbonyl (C=O) groups excluding carboxylic acids is 2. The molecule has 3 amide bonds. The summed E-state index contributed by atoms with van der Waals surface area (Å²) in [6.45, 7) is 3.87. The molecule has 1 heterocycles. The van der Waals surface area contributed by atoms with Gasteiger partial charge in [-0.2, -0.15) is 0 Å². The first kappa shape index (κ1) is 16.8. The van der Waals surface area contributed by atoms with Gasteiger partial charge in [0.15, 0.2) is 0 Å². The first-order valence-electron chi connectivity index (χ1n) is 7.53. The standard InChI is InChI=1S/C18H16Cl2N2O2/c1-11-3-6-14(7-4-11)22-12(2)17(23)21(18(22)24)10-13-5-8-15(19)16(20)9-13/h3-9,12H,10H2,1-2H3. The van der Waals surface area contributed by atoms with Gasteiger partial charge in [0.1, 0.15) is 6.04 Å². The van der Waals surface area contributed by atoms with E-state index in [4.69, 9.17) is 23.2 Å². The van der Waals surface area contributed by atoms with Crippen molar-refractivity contribution in [2.24, 2.45) is 0 Å². The number of anilines is 1. The summed E-state index contributed by atoms with van der Waals surface area (Å²) in [5.74, 6) is -0.230. The molecule has 4 nitrogen and oxygen atoms in total. The molecule has 124 valence electrons. The monoisotopic (exact) mass is 362 g/mol. The third-order valence-corrected chi connectivity index (χ3v) is 4.82. The van der Waals surface area contributed by atoms with Crippen molar-refractivity contribution in [3.05, 3.63) is 63.6 Å². The SMILES string of the molecule is Cc1ccc(N2C(=O)N(Cc3ccc(Cl)c(Cl)c3)C(=O)C2C)cc1.